The minimum absolute atomic E-state index is 0.220. The Kier molecular flexibility index (Phi) is 4.16. The quantitative estimate of drug-likeness (QED) is 0.389. The van der Waals surface area contributed by atoms with Gasteiger partial charge in [0.25, 0.3) is 0 Å². The van der Waals surface area contributed by atoms with E-state index in [0.717, 1.165) is 33.5 Å². The second-order valence-corrected chi connectivity index (χ2v) is 7.54. The van der Waals surface area contributed by atoms with Crippen LogP contribution in [0.5, 0.6) is 0 Å². The molecule has 0 amide bonds. The summed E-state index contributed by atoms with van der Waals surface area (Å²) in [6.07, 6.45) is 0. The largest absolute Gasteiger partial charge is 0.310 e. The number of hydrogen-bond acceptors (Lipinski definition) is 6. The number of H-pyrrole nitrogens is 1. The van der Waals surface area contributed by atoms with Gasteiger partial charge >= 0.3 is 0 Å². The van der Waals surface area contributed by atoms with Gasteiger partial charge in [-0.15, -0.1) is 0 Å². The lowest BCUT2D eigenvalue weighted by atomic mass is 9.96. The lowest BCUT2D eigenvalue weighted by molar-refractivity contribution is 1.23. The van der Waals surface area contributed by atoms with Crippen molar-refractivity contribution in [3.05, 3.63) is 75.5 Å². The minimum Gasteiger partial charge on any atom is -0.310 e. The van der Waals surface area contributed by atoms with E-state index < -0.39 is 0 Å². The van der Waals surface area contributed by atoms with Crippen LogP contribution in [0.4, 0.5) is 11.4 Å². The number of halogens is 1. The number of rotatable bonds is 2. The van der Waals surface area contributed by atoms with Crippen molar-refractivity contribution in [1.82, 2.24) is 9.97 Å². The van der Waals surface area contributed by atoms with Crippen LogP contribution in [0.1, 0.15) is 5.56 Å². The fourth-order valence-corrected chi connectivity index (χ4v) is 4.30. The summed E-state index contributed by atoms with van der Waals surface area (Å²) in [5.74, 6) is 0. The van der Waals surface area contributed by atoms with Crippen LogP contribution in [0.3, 0.4) is 0 Å². The van der Waals surface area contributed by atoms with E-state index in [-0.39, 0.29) is 5.56 Å². The molecular weight excluding hydrogens is 406 g/mol. The first-order valence-electron chi connectivity index (χ1n) is 8.69. The second kappa shape index (κ2) is 6.85. The predicted molar refractivity (Wildman–Crippen MR) is 118 cm³/mol. The smallest absolute Gasteiger partial charge is 0.249 e. The van der Waals surface area contributed by atoms with Gasteiger partial charge in [-0.3, -0.25) is 4.79 Å². The van der Waals surface area contributed by atoms with Crippen LogP contribution in [0, 0.1) is 11.3 Å². The van der Waals surface area contributed by atoms with Gasteiger partial charge in [0, 0.05) is 22.6 Å². The summed E-state index contributed by atoms with van der Waals surface area (Å²) in [7, 11) is 0. The summed E-state index contributed by atoms with van der Waals surface area (Å²) < 4.78 is 6.31. The molecule has 0 atom stereocenters. The van der Waals surface area contributed by atoms with Crippen LogP contribution < -0.4 is 15.0 Å². The summed E-state index contributed by atoms with van der Waals surface area (Å²) in [5.41, 5.74) is 5.69. The molecule has 1 aliphatic heterocycles. The first-order valence-corrected chi connectivity index (χ1v) is 9.88. The molecule has 0 saturated carbocycles. The number of fused-ring (bicyclic) bond motifs is 2. The number of anilines is 2. The normalized spacial score (nSPS) is 12.1. The maximum absolute atomic E-state index is 11.8. The van der Waals surface area contributed by atoms with Gasteiger partial charge in [0.1, 0.15) is 5.65 Å². The predicted octanol–water partition coefficient (Wildman–Crippen LogP) is 5.18. The Morgan fingerprint density at radius 2 is 1.93 bits per heavy atom. The number of nitrogens with zero attached hydrogens (tertiary/aromatic N) is 2. The minimum atomic E-state index is -0.220. The zero-order valence-electron chi connectivity index (χ0n) is 14.8. The third kappa shape index (κ3) is 3.09. The Hall–Kier alpha value is -3.47. The van der Waals surface area contributed by atoms with Crippen molar-refractivity contribution in [3.8, 4) is 28.5 Å². The molecule has 0 bridgehead atoms. The standard InChI is InChI=1S/C21H12ClN5OS/c22-16-8-14(9-17-20(16)27-29-26-17)15-7-13-4-5-18(28)24-21(13)25-19(15)12-3-1-2-11(6-12)10-23/h1-9,26-27H,(H,24,25,28). The molecule has 8 heteroatoms. The Balaban J connectivity index is 1.82. The molecule has 2 aromatic carbocycles. The van der Waals surface area contributed by atoms with Gasteiger partial charge in [-0.05, 0) is 42.0 Å². The average molecular weight is 418 g/mol. The summed E-state index contributed by atoms with van der Waals surface area (Å²) in [6, 6.07) is 18.5. The molecule has 4 aromatic rings. The highest BCUT2D eigenvalue weighted by molar-refractivity contribution is 8.02. The molecule has 3 heterocycles. The summed E-state index contributed by atoms with van der Waals surface area (Å²) in [4.78, 5) is 19.3. The van der Waals surface area contributed by atoms with Crippen molar-refractivity contribution in [1.29, 1.82) is 5.26 Å². The molecule has 140 valence electrons. The number of pyridine rings is 2. The van der Waals surface area contributed by atoms with Crippen molar-refractivity contribution in [2.75, 3.05) is 9.44 Å². The van der Waals surface area contributed by atoms with E-state index in [2.05, 4.69) is 20.5 Å². The number of nitriles is 1. The van der Waals surface area contributed by atoms with Crippen LogP contribution in [0.15, 0.2) is 59.4 Å². The van der Waals surface area contributed by atoms with E-state index in [9.17, 15) is 10.1 Å². The van der Waals surface area contributed by atoms with Crippen LogP contribution in [0.2, 0.25) is 5.02 Å². The van der Waals surface area contributed by atoms with Crippen LogP contribution in [-0.4, -0.2) is 9.97 Å². The van der Waals surface area contributed by atoms with Gasteiger partial charge in [0.2, 0.25) is 5.56 Å². The van der Waals surface area contributed by atoms with E-state index in [1.54, 1.807) is 18.2 Å². The fraction of sp³-hybridized carbons (Fsp3) is 0. The van der Waals surface area contributed by atoms with Crippen molar-refractivity contribution in [3.63, 3.8) is 0 Å². The van der Waals surface area contributed by atoms with Crippen molar-refractivity contribution in [2.45, 2.75) is 0 Å². The number of hydrogen-bond donors (Lipinski definition) is 3. The second-order valence-electron chi connectivity index (χ2n) is 6.52. The molecule has 5 rings (SSSR count). The van der Waals surface area contributed by atoms with E-state index in [0.29, 0.717) is 21.9 Å². The highest BCUT2D eigenvalue weighted by Gasteiger charge is 2.19. The van der Waals surface area contributed by atoms with E-state index in [1.807, 2.05) is 30.3 Å². The number of aromatic amines is 1. The summed E-state index contributed by atoms with van der Waals surface area (Å²) in [6.45, 7) is 0. The van der Waals surface area contributed by atoms with Gasteiger partial charge in [0.05, 0.1) is 45.9 Å². The van der Waals surface area contributed by atoms with Gasteiger partial charge in [-0.2, -0.15) is 5.26 Å². The van der Waals surface area contributed by atoms with E-state index in [1.165, 1.54) is 18.2 Å². The molecule has 0 saturated heterocycles. The van der Waals surface area contributed by atoms with Crippen LogP contribution in [0.25, 0.3) is 33.4 Å². The molecule has 2 aromatic heterocycles. The lowest BCUT2D eigenvalue weighted by Crippen LogP contribution is -2.04. The van der Waals surface area contributed by atoms with Gasteiger partial charge in [-0.1, -0.05) is 23.7 Å². The Labute approximate surface area is 174 Å². The Bertz CT molecular complexity index is 1390. The van der Waals surface area contributed by atoms with Gasteiger partial charge in [0.15, 0.2) is 0 Å². The van der Waals surface area contributed by atoms with E-state index in [4.69, 9.17) is 16.6 Å². The molecule has 0 fully saturated rings. The van der Waals surface area contributed by atoms with Crippen LogP contribution >= 0.6 is 23.7 Å². The first-order chi connectivity index (χ1) is 14.1. The molecule has 0 unspecified atom stereocenters. The first kappa shape index (κ1) is 17.6. The third-order valence-corrected chi connectivity index (χ3v) is 5.61. The molecule has 6 nitrogen and oxygen atoms in total. The molecule has 0 spiro atoms. The lowest BCUT2D eigenvalue weighted by Gasteiger charge is -2.13. The zero-order chi connectivity index (χ0) is 20.0. The molecule has 29 heavy (non-hydrogen) atoms. The van der Waals surface area contributed by atoms with Crippen LogP contribution in [-0.2, 0) is 0 Å². The maximum Gasteiger partial charge on any atom is 0.249 e. The number of aromatic nitrogens is 2. The van der Waals surface area contributed by atoms with Crippen molar-refractivity contribution >= 4 is 46.1 Å². The molecule has 3 N–H and O–H groups in total. The Morgan fingerprint density at radius 1 is 1.03 bits per heavy atom. The summed E-state index contributed by atoms with van der Waals surface area (Å²) in [5, 5.41) is 10.7. The highest BCUT2D eigenvalue weighted by Crippen LogP contribution is 2.44. The third-order valence-electron chi connectivity index (χ3n) is 4.69. The number of benzene rings is 2. The zero-order valence-corrected chi connectivity index (χ0v) is 16.4. The van der Waals surface area contributed by atoms with Crippen molar-refractivity contribution < 1.29 is 0 Å². The molecule has 1 aliphatic rings. The maximum atomic E-state index is 11.8. The average Bonchev–Trinajstić information content (AvgIpc) is 3.22. The monoisotopic (exact) mass is 417 g/mol. The summed E-state index contributed by atoms with van der Waals surface area (Å²) >= 11 is 7.84. The fourth-order valence-electron chi connectivity index (χ4n) is 3.33. The molecule has 0 radical (unpaired) electrons. The molecule has 0 aliphatic carbocycles. The Morgan fingerprint density at radius 3 is 2.79 bits per heavy atom. The molecular formula is C21H12ClN5OS. The highest BCUT2D eigenvalue weighted by atomic mass is 35.5. The van der Waals surface area contributed by atoms with E-state index >= 15 is 0 Å². The SMILES string of the molecule is N#Cc1cccc(-c2nc3[nH]c(=O)ccc3cc2-c2cc(Cl)c3c(c2)NSN3)c1. The van der Waals surface area contributed by atoms with Gasteiger partial charge < -0.3 is 14.4 Å². The van der Waals surface area contributed by atoms with Crippen molar-refractivity contribution in [2.24, 2.45) is 0 Å². The van der Waals surface area contributed by atoms with Gasteiger partial charge in [-0.25, -0.2) is 4.98 Å². The topological polar surface area (TPSA) is 93.6 Å². The number of nitrogens with one attached hydrogen (secondary N) is 3.